The molecule has 0 atom stereocenters. The van der Waals surface area contributed by atoms with Gasteiger partial charge in [0.2, 0.25) is 0 Å². The second kappa shape index (κ2) is 4.51. The van der Waals surface area contributed by atoms with Crippen LogP contribution in [0.15, 0.2) is 29.3 Å². The van der Waals surface area contributed by atoms with E-state index in [-0.39, 0.29) is 12.4 Å². The van der Waals surface area contributed by atoms with Crippen LogP contribution in [0.5, 0.6) is 5.75 Å². The summed E-state index contributed by atoms with van der Waals surface area (Å²) < 4.78 is 0. The highest BCUT2D eigenvalue weighted by atomic mass is 16.3. The summed E-state index contributed by atoms with van der Waals surface area (Å²) in [6.45, 7) is 0.401. The molecular weight excluding hydrogens is 154 g/mol. The summed E-state index contributed by atoms with van der Waals surface area (Å²) in [6, 6.07) is 6.93. The molecule has 12 heavy (non-hydrogen) atoms. The number of benzene rings is 1. The summed E-state index contributed by atoms with van der Waals surface area (Å²) in [5.74, 6) is 0.208. The molecule has 0 amide bonds. The Kier molecular flexibility index (Phi) is 3.29. The van der Waals surface area contributed by atoms with Crippen molar-refractivity contribution < 1.29 is 10.2 Å². The lowest BCUT2D eigenvalue weighted by Crippen LogP contribution is -1.89. The molecule has 1 rings (SSSR count). The Morgan fingerprint density at radius 1 is 1.33 bits per heavy atom. The standard InChI is InChI=1S/C9H11NO2/c11-6-5-10-7-8-3-1-2-4-9(8)12/h1-4,7,11-12H,5-6H2. The quantitative estimate of drug-likeness (QED) is 0.651. The van der Waals surface area contributed by atoms with Gasteiger partial charge < -0.3 is 10.2 Å². The van der Waals surface area contributed by atoms with Crippen LogP contribution in [0.2, 0.25) is 0 Å². The zero-order valence-electron chi connectivity index (χ0n) is 6.64. The lowest BCUT2D eigenvalue weighted by Gasteiger charge is -1.95. The van der Waals surface area contributed by atoms with Crippen molar-refractivity contribution in [2.45, 2.75) is 0 Å². The molecule has 0 aliphatic rings. The molecule has 1 aromatic carbocycles. The number of phenolic OH excluding ortho intramolecular Hbond substituents is 1. The van der Waals surface area contributed by atoms with Crippen LogP contribution in [0.25, 0.3) is 0 Å². The third-order valence-electron chi connectivity index (χ3n) is 1.40. The van der Waals surface area contributed by atoms with Crippen LogP contribution >= 0.6 is 0 Å². The van der Waals surface area contributed by atoms with E-state index in [1.807, 2.05) is 6.07 Å². The molecule has 0 aliphatic carbocycles. The number of aliphatic hydroxyl groups is 1. The smallest absolute Gasteiger partial charge is 0.124 e. The van der Waals surface area contributed by atoms with Crippen LogP contribution in [-0.2, 0) is 0 Å². The van der Waals surface area contributed by atoms with Crippen molar-refractivity contribution in [2.75, 3.05) is 13.2 Å². The Morgan fingerprint density at radius 3 is 2.75 bits per heavy atom. The first kappa shape index (κ1) is 8.74. The Bertz CT molecular complexity index is 271. The second-order valence-corrected chi connectivity index (χ2v) is 2.32. The fourth-order valence-electron chi connectivity index (χ4n) is 0.817. The molecular formula is C9H11NO2. The molecule has 0 aromatic heterocycles. The van der Waals surface area contributed by atoms with E-state index in [4.69, 9.17) is 5.11 Å². The van der Waals surface area contributed by atoms with Crippen molar-refractivity contribution >= 4 is 6.21 Å². The monoisotopic (exact) mass is 165 g/mol. The summed E-state index contributed by atoms with van der Waals surface area (Å²) in [5, 5.41) is 17.7. The van der Waals surface area contributed by atoms with Gasteiger partial charge in [0.05, 0.1) is 13.2 Å². The Balaban J connectivity index is 2.68. The molecule has 3 nitrogen and oxygen atoms in total. The first-order chi connectivity index (χ1) is 5.84. The van der Waals surface area contributed by atoms with E-state index < -0.39 is 0 Å². The predicted molar refractivity (Wildman–Crippen MR) is 47.7 cm³/mol. The Morgan fingerprint density at radius 2 is 2.08 bits per heavy atom. The summed E-state index contributed by atoms with van der Waals surface area (Å²) in [7, 11) is 0. The molecule has 64 valence electrons. The van der Waals surface area contributed by atoms with Gasteiger partial charge in [0, 0.05) is 11.8 Å². The minimum Gasteiger partial charge on any atom is -0.507 e. The normalized spacial score (nSPS) is 10.8. The number of aromatic hydroxyl groups is 1. The topological polar surface area (TPSA) is 52.8 Å². The number of hydrogen-bond acceptors (Lipinski definition) is 3. The van der Waals surface area contributed by atoms with Crippen molar-refractivity contribution in [3.63, 3.8) is 0 Å². The maximum absolute atomic E-state index is 9.26. The van der Waals surface area contributed by atoms with Crippen molar-refractivity contribution in [3.05, 3.63) is 29.8 Å². The van der Waals surface area contributed by atoms with Gasteiger partial charge in [0.15, 0.2) is 0 Å². The van der Waals surface area contributed by atoms with E-state index >= 15 is 0 Å². The number of aliphatic imine (C=N–C) groups is 1. The number of phenols is 1. The maximum atomic E-state index is 9.26. The molecule has 3 heteroatoms. The highest BCUT2D eigenvalue weighted by Gasteiger charge is 1.92. The van der Waals surface area contributed by atoms with Crippen molar-refractivity contribution in [3.8, 4) is 5.75 Å². The summed E-state index contributed by atoms with van der Waals surface area (Å²) >= 11 is 0. The van der Waals surface area contributed by atoms with E-state index in [2.05, 4.69) is 4.99 Å². The second-order valence-electron chi connectivity index (χ2n) is 2.32. The van der Waals surface area contributed by atoms with Crippen LogP contribution in [0, 0.1) is 0 Å². The molecule has 0 radical (unpaired) electrons. The zero-order valence-corrected chi connectivity index (χ0v) is 6.64. The van der Waals surface area contributed by atoms with E-state index in [1.54, 1.807) is 24.4 Å². The SMILES string of the molecule is OCCN=Cc1ccccc1O. The number of para-hydroxylation sites is 1. The highest BCUT2D eigenvalue weighted by Crippen LogP contribution is 2.12. The number of aliphatic hydroxyl groups excluding tert-OH is 1. The molecule has 0 aliphatic heterocycles. The predicted octanol–water partition coefficient (Wildman–Crippen LogP) is 0.803. The van der Waals surface area contributed by atoms with Gasteiger partial charge in [0.25, 0.3) is 0 Å². The van der Waals surface area contributed by atoms with Crippen molar-refractivity contribution in [2.24, 2.45) is 4.99 Å². The average molecular weight is 165 g/mol. The maximum Gasteiger partial charge on any atom is 0.124 e. The molecule has 0 bridgehead atoms. The van der Waals surface area contributed by atoms with Gasteiger partial charge >= 0.3 is 0 Å². The molecule has 0 heterocycles. The Hall–Kier alpha value is -1.35. The van der Waals surface area contributed by atoms with E-state index in [0.717, 1.165) is 0 Å². The molecule has 0 spiro atoms. The Labute approximate surface area is 71.0 Å². The van der Waals surface area contributed by atoms with Crippen LogP contribution in [0.1, 0.15) is 5.56 Å². The zero-order chi connectivity index (χ0) is 8.81. The molecule has 2 N–H and O–H groups in total. The third-order valence-corrected chi connectivity index (χ3v) is 1.40. The van der Waals surface area contributed by atoms with E-state index in [0.29, 0.717) is 12.1 Å². The van der Waals surface area contributed by atoms with Crippen LogP contribution in [0.3, 0.4) is 0 Å². The van der Waals surface area contributed by atoms with E-state index in [1.165, 1.54) is 0 Å². The number of rotatable bonds is 3. The average Bonchev–Trinajstić information content (AvgIpc) is 2.09. The van der Waals surface area contributed by atoms with Crippen LogP contribution in [0.4, 0.5) is 0 Å². The summed E-state index contributed by atoms with van der Waals surface area (Å²) in [5.41, 5.74) is 0.672. The number of hydrogen-bond donors (Lipinski definition) is 2. The van der Waals surface area contributed by atoms with Gasteiger partial charge in [-0.3, -0.25) is 4.99 Å². The fraction of sp³-hybridized carbons (Fsp3) is 0.222. The van der Waals surface area contributed by atoms with Crippen LogP contribution < -0.4 is 0 Å². The number of nitrogens with zero attached hydrogens (tertiary/aromatic N) is 1. The van der Waals surface area contributed by atoms with Gasteiger partial charge in [-0.15, -0.1) is 0 Å². The summed E-state index contributed by atoms with van der Waals surface area (Å²) in [6.07, 6.45) is 1.55. The molecule has 0 saturated heterocycles. The molecule has 0 saturated carbocycles. The fourth-order valence-corrected chi connectivity index (χ4v) is 0.817. The minimum atomic E-state index is 0.0318. The highest BCUT2D eigenvalue weighted by molar-refractivity contribution is 5.83. The largest absolute Gasteiger partial charge is 0.507 e. The van der Waals surface area contributed by atoms with Gasteiger partial charge in [0.1, 0.15) is 5.75 Å². The first-order valence-corrected chi connectivity index (χ1v) is 3.73. The van der Waals surface area contributed by atoms with Crippen molar-refractivity contribution in [1.29, 1.82) is 0 Å². The van der Waals surface area contributed by atoms with Gasteiger partial charge in [-0.25, -0.2) is 0 Å². The van der Waals surface area contributed by atoms with Gasteiger partial charge in [-0.05, 0) is 12.1 Å². The van der Waals surface area contributed by atoms with Crippen molar-refractivity contribution in [1.82, 2.24) is 0 Å². The van der Waals surface area contributed by atoms with Crippen LogP contribution in [-0.4, -0.2) is 29.6 Å². The lowest BCUT2D eigenvalue weighted by atomic mass is 10.2. The molecule has 1 aromatic rings. The van der Waals surface area contributed by atoms with Gasteiger partial charge in [-0.1, -0.05) is 12.1 Å². The minimum absolute atomic E-state index is 0.0318. The molecule has 0 fully saturated rings. The molecule has 0 unspecified atom stereocenters. The first-order valence-electron chi connectivity index (χ1n) is 3.73. The summed E-state index contributed by atoms with van der Waals surface area (Å²) in [4.78, 5) is 3.89. The lowest BCUT2D eigenvalue weighted by molar-refractivity contribution is 0.307. The van der Waals surface area contributed by atoms with E-state index in [9.17, 15) is 5.11 Å². The third kappa shape index (κ3) is 2.36. The van der Waals surface area contributed by atoms with Gasteiger partial charge in [-0.2, -0.15) is 0 Å².